The number of benzene rings is 1. The van der Waals surface area contributed by atoms with Crippen LogP contribution in [-0.4, -0.2) is 43.5 Å². The fraction of sp³-hybridized carbons (Fsp3) is 0.588. The highest BCUT2D eigenvalue weighted by molar-refractivity contribution is 5.92. The second-order valence-corrected chi connectivity index (χ2v) is 6.15. The number of hydrogen-bond donors (Lipinski definition) is 2. The van der Waals surface area contributed by atoms with Crippen LogP contribution in [0.15, 0.2) is 24.3 Å². The van der Waals surface area contributed by atoms with Gasteiger partial charge in [0, 0.05) is 18.3 Å². The Bertz CT molecular complexity index is 456. The molecule has 0 saturated carbocycles. The molecule has 1 saturated heterocycles. The third-order valence-electron chi connectivity index (χ3n) is 4.15. The zero-order valence-electron chi connectivity index (χ0n) is 13.4. The standard InChI is InChI=1S/C17H27N3O/c1-13(2)14-6-8-15(9-7-14)19-17(21)12-20-10-4-5-16(20)11-18-3/h6-9,13,16,18H,4-5,10-12H2,1-3H3,(H,19,21). The number of nitrogens with one attached hydrogen (secondary N) is 2. The molecule has 1 heterocycles. The van der Waals surface area contributed by atoms with Gasteiger partial charge in [0.05, 0.1) is 6.54 Å². The fourth-order valence-electron chi connectivity index (χ4n) is 2.91. The first-order valence-corrected chi connectivity index (χ1v) is 7.88. The summed E-state index contributed by atoms with van der Waals surface area (Å²) in [5, 5.41) is 6.20. The molecule has 1 fully saturated rings. The van der Waals surface area contributed by atoms with Gasteiger partial charge in [-0.15, -0.1) is 0 Å². The molecule has 0 bridgehead atoms. The molecule has 1 aromatic rings. The van der Waals surface area contributed by atoms with Crippen molar-refractivity contribution < 1.29 is 4.79 Å². The van der Waals surface area contributed by atoms with E-state index in [1.54, 1.807) is 0 Å². The van der Waals surface area contributed by atoms with E-state index >= 15 is 0 Å². The summed E-state index contributed by atoms with van der Waals surface area (Å²) in [6.45, 7) is 6.80. The smallest absolute Gasteiger partial charge is 0.238 e. The van der Waals surface area contributed by atoms with E-state index in [-0.39, 0.29) is 5.91 Å². The van der Waals surface area contributed by atoms with Gasteiger partial charge >= 0.3 is 0 Å². The number of rotatable bonds is 6. The van der Waals surface area contributed by atoms with Crippen LogP contribution in [-0.2, 0) is 4.79 Å². The number of carbonyl (C=O) groups is 1. The Morgan fingerprint density at radius 1 is 1.33 bits per heavy atom. The highest BCUT2D eigenvalue weighted by Crippen LogP contribution is 2.18. The van der Waals surface area contributed by atoms with Crippen LogP contribution in [0.2, 0.25) is 0 Å². The number of likely N-dealkylation sites (N-methyl/N-ethyl adjacent to an activating group) is 1. The van der Waals surface area contributed by atoms with E-state index in [0.29, 0.717) is 18.5 Å². The van der Waals surface area contributed by atoms with Gasteiger partial charge in [-0.25, -0.2) is 0 Å². The van der Waals surface area contributed by atoms with E-state index in [1.807, 2.05) is 19.2 Å². The molecule has 2 rings (SSSR count). The van der Waals surface area contributed by atoms with Gasteiger partial charge in [0.2, 0.25) is 5.91 Å². The van der Waals surface area contributed by atoms with Crippen molar-refractivity contribution in [2.75, 3.05) is 32.0 Å². The molecule has 0 aliphatic carbocycles. The van der Waals surface area contributed by atoms with Crippen LogP contribution < -0.4 is 10.6 Å². The first-order valence-electron chi connectivity index (χ1n) is 7.88. The Hall–Kier alpha value is -1.39. The lowest BCUT2D eigenvalue weighted by atomic mass is 10.0. The summed E-state index contributed by atoms with van der Waals surface area (Å²) < 4.78 is 0. The van der Waals surface area contributed by atoms with Crippen LogP contribution >= 0.6 is 0 Å². The van der Waals surface area contributed by atoms with Crippen molar-refractivity contribution in [3.8, 4) is 0 Å². The average molecular weight is 289 g/mol. The van der Waals surface area contributed by atoms with Crippen molar-refractivity contribution in [3.63, 3.8) is 0 Å². The quantitative estimate of drug-likeness (QED) is 0.845. The van der Waals surface area contributed by atoms with E-state index in [9.17, 15) is 4.79 Å². The minimum absolute atomic E-state index is 0.0790. The molecular weight excluding hydrogens is 262 g/mol. The predicted molar refractivity (Wildman–Crippen MR) is 87.7 cm³/mol. The number of hydrogen-bond acceptors (Lipinski definition) is 3. The summed E-state index contributed by atoms with van der Waals surface area (Å²) >= 11 is 0. The summed E-state index contributed by atoms with van der Waals surface area (Å²) in [7, 11) is 1.97. The minimum atomic E-state index is 0.0790. The molecule has 1 atom stereocenters. The van der Waals surface area contributed by atoms with E-state index in [1.165, 1.54) is 18.4 Å². The van der Waals surface area contributed by atoms with Gasteiger partial charge in [0.25, 0.3) is 0 Å². The average Bonchev–Trinajstić information content (AvgIpc) is 2.87. The number of carbonyl (C=O) groups excluding carboxylic acids is 1. The van der Waals surface area contributed by atoms with Crippen LogP contribution in [0, 0.1) is 0 Å². The Morgan fingerprint density at radius 2 is 2.05 bits per heavy atom. The molecule has 1 amide bonds. The zero-order valence-corrected chi connectivity index (χ0v) is 13.4. The molecular formula is C17H27N3O. The van der Waals surface area contributed by atoms with Crippen LogP contribution in [0.4, 0.5) is 5.69 Å². The SMILES string of the molecule is CNCC1CCCN1CC(=O)Nc1ccc(C(C)C)cc1. The van der Waals surface area contributed by atoms with Crippen LogP contribution in [0.3, 0.4) is 0 Å². The topological polar surface area (TPSA) is 44.4 Å². The largest absolute Gasteiger partial charge is 0.325 e. The molecule has 2 N–H and O–H groups in total. The Balaban J connectivity index is 1.86. The van der Waals surface area contributed by atoms with Gasteiger partial charge in [0.1, 0.15) is 0 Å². The van der Waals surface area contributed by atoms with E-state index in [0.717, 1.165) is 18.8 Å². The third kappa shape index (κ3) is 4.55. The lowest BCUT2D eigenvalue weighted by molar-refractivity contribution is -0.117. The summed E-state index contributed by atoms with van der Waals surface area (Å²) in [5.41, 5.74) is 2.18. The normalized spacial score (nSPS) is 19.1. The highest BCUT2D eigenvalue weighted by Gasteiger charge is 2.25. The van der Waals surface area contributed by atoms with Crippen molar-refractivity contribution >= 4 is 11.6 Å². The molecule has 1 unspecified atom stereocenters. The van der Waals surface area contributed by atoms with Crippen LogP contribution in [0.5, 0.6) is 0 Å². The van der Waals surface area contributed by atoms with Crippen molar-refractivity contribution in [1.82, 2.24) is 10.2 Å². The van der Waals surface area contributed by atoms with Gasteiger partial charge in [-0.05, 0) is 50.0 Å². The molecule has 1 aliphatic rings. The van der Waals surface area contributed by atoms with E-state index < -0.39 is 0 Å². The van der Waals surface area contributed by atoms with Gasteiger partial charge in [-0.1, -0.05) is 26.0 Å². The minimum Gasteiger partial charge on any atom is -0.325 e. The van der Waals surface area contributed by atoms with Crippen molar-refractivity contribution in [2.45, 2.75) is 38.6 Å². The second kappa shape index (κ2) is 7.57. The maximum atomic E-state index is 12.2. The fourth-order valence-corrected chi connectivity index (χ4v) is 2.91. The number of likely N-dealkylation sites (tertiary alicyclic amines) is 1. The highest BCUT2D eigenvalue weighted by atomic mass is 16.2. The summed E-state index contributed by atoms with van der Waals surface area (Å²) in [5.74, 6) is 0.594. The van der Waals surface area contributed by atoms with Gasteiger partial charge in [-0.2, -0.15) is 0 Å². The maximum Gasteiger partial charge on any atom is 0.238 e. The number of amides is 1. The van der Waals surface area contributed by atoms with Crippen molar-refractivity contribution in [3.05, 3.63) is 29.8 Å². The molecule has 1 aliphatic heterocycles. The van der Waals surface area contributed by atoms with Gasteiger partial charge < -0.3 is 10.6 Å². The molecule has 21 heavy (non-hydrogen) atoms. The Morgan fingerprint density at radius 3 is 2.67 bits per heavy atom. The third-order valence-corrected chi connectivity index (χ3v) is 4.15. The first-order chi connectivity index (χ1) is 10.1. The molecule has 0 radical (unpaired) electrons. The van der Waals surface area contributed by atoms with E-state index in [2.05, 4.69) is 41.5 Å². The summed E-state index contributed by atoms with van der Waals surface area (Å²) in [4.78, 5) is 14.4. The maximum absolute atomic E-state index is 12.2. The van der Waals surface area contributed by atoms with Crippen LogP contribution in [0.25, 0.3) is 0 Å². The second-order valence-electron chi connectivity index (χ2n) is 6.15. The Labute approximate surface area is 127 Å². The van der Waals surface area contributed by atoms with Crippen LogP contribution in [0.1, 0.15) is 38.2 Å². The van der Waals surface area contributed by atoms with Crippen molar-refractivity contribution in [1.29, 1.82) is 0 Å². The molecule has 0 spiro atoms. The molecule has 116 valence electrons. The predicted octanol–water partition coefficient (Wildman–Crippen LogP) is 2.43. The monoisotopic (exact) mass is 289 g/mol. The lowest BCUT2D eigenvalue weighted by Crippen LogP contribution is -2.41. The molecule has 0 aromatic heterocycles. The molecule has 4 heteroatoms. The lowest BCUT2D eigenvalue weighted by Gasteiger charge is -2.23. The van der Waals surface area contributed by atoms with Crippen molar-refractivity contribution in [2.24, 2.45) is 0 Å². The zero-order chi connectivity index (χ0) is 15.2. The molecule has 1 aromatic carbocycles. The summed E-state index contributed by atoms with van der Waals surface area (Å²) in [6.07, 6.45) is 2.36. The van der Waals surface area contributed by atoms with Gasteiger partial charge in [-0.3, -0.25) is 9.69 Å². The van der Waals surface area contributed by atoms with E-state index in [4.69, 9.17) is 0 Å². The Kier molecular flexibility index (Phi) is 5.76. The molecule has 4 nitrogen and oxygen atoms in total. The first kappa shape index (κ1) is 16.0. The van der Waals surface area contributed by atoms with Gasteiger partial charge in [0.15, 0.2) is 0 Å². The number of anilines is 1. The summed E-state index contributed by atoms with van der Waals surface area (Å²) in [6, 6.07) is 8.63. The number of nitrogens with zero attached hydrogens (tertiary/aromatic N) is 1.